The highest BCUT2D eigenvalue weighted by Gasteiger charge is 2.28. The Kier molecular flexibility index (Phi) is 4.71. The maximum absolute atomic E-state index is 12.3. The van der Waals surface area contributed by atoms with E-state index >= 15 is 0 Å². The Balaban J connectivity index is 1.64. The summed E-state index contributed by atoms with van der Waals surface area (Å²) in [5.41, 5.74) is 3.03. The van der Waals surface area contributed by atoms with Crippen LogP contribution in [-0.4, -0.2) is 42.1 Å². The van der Waals surface area contributed by atoms with Crippen molar-refractivity contribution in [2.24, 2.45) is 0 Å². The molecule has 0 radical (unpaired) electrons. The summed E-state index contributed by atoms with van der Waals surface area (Å²) in [7, 11) is -2.95. The molecule has 0 spiro atoms. The van der Waals surface area contributed by atoms with Crippen molar-refractivity contribution in [2.75, 3.05) is 22.1 Å². The molecule has 2 aromatic rings. The van der Waals surface area contributed by atoms with Crippen molar-refractivity contribution >= 4 is 27.2 Å². The molecule has 1 fully saturated rings. The van der Waals surface area contributed by atoms with Crippen LogP contribution in [0.15, 0.2) is 30.3 Å². The van der Waals surface area contributed by atoms with Gasteiger partial charge in [-0.1, -0.05) is 17.7 Å². The van der Waals surface area contributed by atoms with Crippen LogP contribution in [0.4, 0.5) is 11.5 Å². The van der Waals surface area contributed by atoms with E-state index < -0.39 is 9.84 Å². The first-order chi connectivity index (χ1) is 11.8. The second kappa shape index (κ2) is 6.79. The lowest BCUT2D eigenvalue weighted by Crippen LogP contribution is -2.22. The number of nitrogens with zero attached hydrogens (tertiary/aromatic N) is 2. The van der Waals surface area contributed by atoms with E-state index in [2.05, 4.69) is 20.8 Å². The summed E-state index contributed by atoms with van der Waals surface area (Å²) < 4.78 is 22.9. The summed E-state index contributed by atoms with van der Waals surface area (Å²) in [6, 6.07) is 8.81. The van der Waals surface area contributed by atoms with Crippen molar-refractivity contribution in [3.63, 3.8) is 0 Å². The highest BCUT2D eigenvalue weighted by atomic mass is 32.2. The largest absolute Gasteiger partial charge is 0.365 e. The molecule has 1 saturated heterocycles. The summed E-state index contributed by atoms with van der Waals surface area (Å²) in [6.07, 6.45) is 0.555. The molecule has 0 aliphatic carbocycles. The maximum atomic E-state index is 12.3. The van der Waals surface area contributed by atoms with Gasteiger partial charge >= 0.3 is 0 Å². The van der Waals surface area contributed by atoms with Gasteiger partial charge in [0.05, 0.1) is 11.5 Å². The lowest BCUT2D eigenvalue weighted by atomic mass is 10.1. The van der Waals surface area contributed by atoms with Gasteiger partial charge < -0.3 is 10.6 Å². The fourth-order valence-corrected chi connectivity index (χ4v) is 4.46. The predicted molar refractivity (Wildman–Crippen MR) is 96.6 cm³/mol. The van der Waals surface area contributed by atoms with Crippen LogP contribution >= 0.6 is 0 Å². The fraction of sp³-hybridized carbons (Fsp3) is 0.353. The number of carbonyl (C=O) groups is 1. The van der Waals surface area contributed by atoms with Gasteiger partial charge in [0.15, 0.2) is 15.5 Å². The second-order valence-electron chi connectivity index (χ2n) is 6.32. The minimum atomic E-state index is -2.95. The van der Waals surface area contributed by atoms with E-state index in [1.807, 2.05) is 32.0 Å². The minimum absolute atomic E-state index is 0.101. The number of anilines is 2. The second-order valence-corrected chi connectivity index (χ2v) is 8.55. The van der Waals surface area contributed by atoms with Gasteiger partial charge in [0.2, 0.25) is 0 Å². The van der Waals surface area contributed by atoms with Crippen LogP contribution < -0.4 is 10.6 Å². The molecule has 0 saturated carbocycles. The number of nitrogens with one attached hydrogen (secondary N) is 2. The van der Waals surface area contributed by atoms with Gasteiger partial charge in [0.25, 0.3) is 5.91 Å². The first kappa shape index (κ1) is 17.3. The molecule has 1 unspecified atom stereocenters. The molecule has 1 aliphatic heterocycles. The summed E-state index contributed by atoms with van der Waals surface area (Å²) in [4.78, 5) is 12.3. The molecule has 1 aliphatic rings. The van der Waals surface area contributed by atoms with Crippen LogP contribution in [0.1, 0.15) is 28.0 Å². The lowest BCUT2D eigenvalue weighted by Gasteiger charge is -2.11. The first-order valence-electron chi connectivity index (χ1n) is 8.02. The van der Waals surface area contributed by atoms with Crippen molar-refractivity contribution in [1.82, 2.24) is 10.2 Å². The molecular formula is C17H20N4O3S. The number of sulfone groups is 1. The number of hydrogen-bond acceptors (Lipinski definition) is 6. The van der Waals surface area contributed by atoms with Gasteiger partial charge in [-0.25, -0.2) is 8.42 Å². The third-order valence-electron chi connectivity index (χ3n) is 4.11. The van der Waals surface area contributed by atoms with Crippen molar-refractivity contribution < 1.29 is 13.2 Å². The highest BCUT2D eigenvalue weighted by Crippen LogP contribution is 2.18. The number of aryl methyl sites for hydroxylation is 2. The summed E-state index contributed by atoms with van der Waals surface area (Å²) >= 11 is 0. The third-order valence-corrected chi connectivity index (χ3v) is 5.88. The monoisotopic (exact) mass is 360 g/mol. The summed E-state index contributed by atoms with van der Waals surface area (Å²) in [5.74, 6) is 0.414. The van der Waals surface area contributed by atoms with E-state index in [0.29, 0.717) is 12.2 Å². The zero-order valence-corrected chi connectivity index (χ0v) is 14.9. The number of carbonyl (C=O) groups excluding carboxylic acids is 1. The van der Waals surface area contributed by atoms with Gasteiger partial charge in [-0.3, -0.25) is 4.79 Å². The molecule has 3 rings (SSSR count). The SMILES string of the molecule is Cc1ccc(NC(=O)c2ccc(NC3CCS(=O)(=O)C3)nn2)c(C)c1. The molecule has 1 amide bonds. The lowest BCUT2D eigenvalue weighted by molar-refractivity contribution is 0.102. The maximum Gasteiger partial charge on any atom is 0.276 e. The topological polar surface area (TPSA) is 101 Å². The number of rotatable bonds is 4. The average molecular weight is 360 g/mol. The average Bonchev–Trinajstić information content (AvgIpc) is 2.89. The Hall–Kier alpha value is -2.48. The Bertz CT molecular complexity index is 895. The van der Waals surface area contributed by atoms with E-state index in [1.165, 1.54) is 0 Å². The van der Waals surface area contributed by atoms with E-state index in [4.69, 9.17) is 0 Å². The Labute approximate surface area is 146 Å². The Morgan fingerprint density at radius 2 is 1.96 bits per heavy atom. The summed E-state index contributed by atoms with van der Waals surface area (Å²) in [5, 5.41) is 13.8. The fourth-order valence-electron chi connectivity index (χ4n) is 2.79. The van der Waals surface area contributed by atoms with Gasteiger partial charge in [-0.05, 0) is 44.0 Å². The molecule has 2 N–H and O–H groups in total. The number of hydrogen-bond donors (Lipinski definition) is 2. The molecule has 0 bridgehead atoms. The van der Waals surface area contributed by atoms with Crippen LogP contribution in [0.5, 0.6) is 0 Å². The molecule has 1 aromatic heterocycles. The van der Waals surface area contributed by atoms with Gasteiger partial charge in [0, 0.05) is 11.7 Å². The smallest absolute Gasteiger partial charge is 0.276 e. The van der Waals surface area contributed by atoms with Crippen molar-refractivity contribution in [2.45, 2.75) is 26.3 Å². The Morgan fingerprint density at radius 3 is 2.56 bits per heavy atom. The van der Waals surface area contributed by atoms with E-state index in [-0.39, 0.29) is 29.1 Å². The molecule has 7 nitrogen and oxygen atoms in total. The van der Waals surface area contributed by atoms with Crippen molar-refractivity contribution in [1.29, 1.82) is 0 Å². The van der Waals surface area contributed by atoms with Crippen molar-refractivity contribution in [3.8, 4) is 0 Å². The van der Waals surface area contributed by atoms with Crippen LogP contribution in [0.2, 0.25) is 0 Å². The van der Waals surface area contributed by atoms with Gasteiger partial charge in [-0.15, -0.1) is 10.2 Å². The number of aromatic nitrogens is 2. The first-order valence-corrected chi connectivity index (χ1v) is 9.84. The standard InChI is InChI=1S/C17H20N4O3S/c1-11-3-4-14(12(2)9-11)19-17(22)15-5-6-16(21-20-15)18-13-7-8-25(23,24)10-13/h3-6,9,13H,7-8,10H2,1-2H3,(H,18,21)(H,19,22). The van der Waals surface area contributed by atoms with Crippen LogP contribution in [0.25, 0.3) is 0 Å². The quantitative estimate of drug-likeness (QED) is 0.864. The highest BCUT2D eigenvalue weighted by molar-refractivity contribution is 7.91. The van der Waals surface area contributed by atoms with E-state index in [1.54, 1.807) is 12.1 Å². The molecule has 1 atom stereocenters. The molecule has 25 heavy (non-hydrogen) atoms. The zero-order chi connectivity index (χ0) is 18.0. The molecular weight excluding hydrogens is 340 g/mol. The number of amides is 1. The molecule has 132 valence electrons. The minimum Gasteiger partial charge on any atom is -0.365 e. The zero-order valence-electron chi connectivity index (χ0n) is 14.1. The Morgan fingerprint density at radius 1 is 1.16 bits per heavy atom. The predicted octanol–water partition coefficient (Wildman–Crippen LogP) is 1.94. The van der Waals surface area contributed by atoms with Crippen LogP contribution in [-0.2, 0) is 9.84 Å². The van der Waals surface area contributed by atoms with Gasteiger partial charge in [0.1, 0.15) is 5.82 Å². The van der Waals surface area contributed by atoms with Crippen LogP contribution in [0.3, 0.4) is 0 Å². The van der Waals surface area contributed by atoms with E-state index in [9.17, 15) is 13.2 Å². The van der Waals surface area contributed by atoms with Crippen molar-refractivity contribution in [3.05, 3.63) is 47.2 Å². The molecule has 1 aromatic carbocycles. The normalized spacial score (nSPS) is 18.7. The summed E-state index contributed by atoms with van der Waals surface area (Å²) in [6.45, 7) is 3.92. The number of benzene rings is 1. The third kappa shape index (κ3) is 4.33. The molecule has 2 heterocycles. The van der Waals surface area contributed by atoms with Gasteiger partial charge in [-0.2, -0.15) is 0 Å². The molecule has 8 heteroatoms. The van der Waals surface area contributed by atoms with Crippen LogP contribution in [0, 0.1) is 13.8 Å². The van der Waals surface area contributed by atoms with E-state index in [0.717, 1.165) is 16.8 Å².